The molecule has 1 N–H and O–H groups in total. The number of halogens is 1. The first-order valence-corrected chi connectivity index (χ1v) is 7.72. The highest BCUT2D eigenvalue weighted by atomic mass is 35.5. The van der Waals surface area contributed by atoms with Crippen molar-refractivity contribution in [1.82, 2.24) is 30.4 Å². The molecule has 0 bridgehead atoms. The lowest BCUT2D eigenvalue weighted by Gasteiger charge is -2.02. The van der Waals surface area contributed by atoms with Crippen molar-refractivity contribution in [2.45, 2.75) is 6.61 Å². The third-order valence-corrected chi connectivity index (χ3v) is 3.80. The molecule has 8 nitrogen and oxygen atoms in total. The fraction of sp³-hybridized carbons (Fsp3) is 0.0625. The highest BCUT2D eigenvalue weighted by Gasteiger charge is 2.13. The number of nitrogens with one attached hydrogen (secondary N) is 1. The van der Waals surface area contributed by atoms with E-state index >= 15 is 0 Å². The minimum atomic E-state index is -0.555. The number of aromatic nitrogens is 6. The third kappa shape index (κ3) is 3.20. The van der Waals surface area contributed by atoms with Gasteiger partial charge in [-0.25, -0.2) is 9.48 Å². The lowest BCUT2D eigenvalue weighted by Crippen LogP contribution is -2.05. The Kier molecular flexibility index (Phi) is 3.87. The number of ether oxygens (including phenoxy) is 1. The number of aromatic amines is 1. The van der Waals surface area contributed by atoms with Crippen LogP contribution >= 0.6 is 11.6 Å². The summed E-state index contributed by atoms with van der Waals surface area (Å²) in [6.07, 6.45) is 1.51. The maximum absolute atomic E-state index is 12.1. The Labute approximate surface area is 146 Å². The summed E-state index contributed by atoms with van der Waals surface area (Å²) in [6.45, 7) is 0.107. The molecular formula is C16H11ClN6O2. The van der Waals surface area contributed by atoms with Gasteiger partial charge in [-0.05, 0) is 42.0 Å². The van der Waals surface area contributed by atoms with Crippen molar-refractivity contribution in [3.63, 3.8) is 0 Å². The first kappa shape index (κ1) is 15.3. The Bertz CT molecular complexity index is 1040. The van der Waals surface area contributed by atoms with Crippen molar-refractivity contribution in [2.75, 3.05) is 0 Å². The molecule has 9 heteroatoms. The molecule has 124 valence electrons. The zero-order valence-corrected chi connectivity index (χ0v) is 13.5. The van der Waals surface area contributed by atoms with Gasteiger partial charge in [0.1, 0.15) is 17.6 Å². The van der Waals surface area contributed by atoms with Gasteiger partial charge in [-0.2, -0.15) is 15.4 Å². The molecule has 0 atom stereocenters. The molecule has 0 unspecified atom stereocenters. The van der Waals surface area contributed by atoms with Crippen LogP contribution in [0.15, 0.2) is 48.7 Å². The van der Waals surface area contributed by atoms with Gasteiger partial charge in [0.2, 0.25) is 0 Å². The third-order valence-electron chi connectivity index (χ3n) is 3.54. The van der Waals surface area contributed by atoms with E-state index in [-0.39, 0.29) is 12.3 Å². The zero-order valence-electron chi connectivity index (χ0n) is 12.8. The van der Waals surface area contributed by atoms with Gasteiger partial charge in [0, 0.05) is 5.02 Å². The summed E-state index contributed by atoms with van der Waals surface area (Å²) < 4.78 is 6.75. The van der Waals surface area contributed by atoms with Crippen molar-refractivity contribution in [3.05, 3.63) is 64.9 Å². The minimum Gasteiger partial charge on any atom is -0.456 e. The van der Waals surface area contributed by atoms with Gasteiger partial charge in [0.05, 0.1) is 11.9 Å². The van der Waals surface area contributed by atoms with Crippen LogP contribution in [-0.2, 0) is 11.3 Å². The van der Waals surface area contributed by atoms with Gasteiger partial charge in [-0.3, -0.25) is 0 Å². The smallest absolute Gasteiger partial charge is 0.360 e. The largest absolute Gasteiger partial charge is 0.456 e. The molecule has 4 rings (SSSR count). The molecule has 0 aliphatic carbocycles. The van der Waals surface area contributed by atoms with Gasteiger partial charge in [-0.1, -0.05) is 22.9 Å². The van der Waals surface area contributed by atoms with Gasteiger partial charge in [-0.15, -0.1) is 5.10 Å². The van der Waals surface area contributed by atoms with E-state index in [4.69, 9.17) is 16.3 Å². The first-order valence-electron chi connectivity index (χ1n) is 7.34. The molecule has 25 heavy (non-hydrogen) atoms. The monoisotopic (exact) mass is 354 g/mol. The molecule has 2 aromatic carbocycles. The number of carbonyl (C=O) groups excluding carboxylic acids is 1. The molecule has 0 aliphatic heterocycles. The second kappa shape index (κ2) is 6.33. The van der Waals surface area contributed by atoms with E-state index < -0.39 is 5.97 Å². The Hall–Kier alpha value is -3.26. The maximum Gasteiger partial charge on any atom is 0.360 e. The summed E-state index contributed by atoms with van der Waals surface area (Å²) in [4.78, 5) is 12.1. The summed E-state index contributed by atoms with van der Waals surface area (Å²) in [5, 5.41) is 18.9. The summed E-state index contributed by atoms with van der Waals surface area (Å²) in [6, 6.07) is 12.4. The predicted molar refractivity (Wildman–Crippen MR) is 89.4 cm³/mol. The molecule has 0 amide bonds. The molecule has 0 radical (unpaired) electrons. The van der Waals surface area contributed by atoms with Crippen LogP contribution in [0.5, 0.6) is 0 Å². The van der Waals surface area contributed by atoms with Crippen LogP contribution in [0.1, 0.15) is 16.1 Å². The zero-order chi connectivity index (χ0) is 17.2. The topological polar surface area (TPSA) is 98.6 Å². The van der Waals surface area contributed by atoms with Crippen LogP contribution < -0.4 is 0 Å². The highest BCUT2D eigenvalue weighted by molar-refractivity contribution is 6.30. The Morgan fingerprint density at radius 3 is 2.76 bits per heavy atom. The molecule has 2 heterocycles. The van der Waals surface area contributed by atoms with Crippen molar-refractivity contribution in [3.8, 4) is 5.69 Å². The number of carbonyl (C=O) groups is 1. The molecular weight excluding hydrogens is 344 g/mol. The fourth-order valence-corrected chi connectivity index (χ4v) is 2.40. The number of esters is 1. The van der Waals surface area contributed by atoms with Gasteiger partial charge < -0.3 is 4.74 Å². The molecule has 4 aromatic rings. The van der Waals surface area contributed by atoms with Crippen molar-refractivity contribution in [1.29, 1.82) is 0 Å². The number of hydrogen-bond donors (Lipinski definition) is 1. The second-order valence-corrected chi connectivity index (χ2v) is 5.68. The van der Waals surface area contributed by atoms with E-state index in [9.17, 15) is 4.79 Å². The number of hydrogen-bond acceptors (Lipinski definition) is 6. The van der Waals surface area contributed by atoms with E-state index in [2.05, 4.69) is 25.7 Å². The summed E-state index contributed by atoms with van der Waals surface area (Å²) >= 11 is 5.85. The normalized spacial score (nSPS) is 10.9. The van der Waals surface area contributed by atoms with Crippen LogP contribution in [0.4, 0.5) is 0 Å². The lowest BCUT2D eigenvalue weighted by molar-refractivity contribution is 0.0465. The highest BCUT2D eigenvalue weighted by Crippen LogP contribution is 2.14. The maximum atomic E-state index is 12.1. The van der Waals surface area contributed by atoms with E-state index in [1.807, 2.05) is 6.07 Å². The molecule has 0 fully saturated rings. The average Bonchev–Trinajstić information content (AvgIpc) is 3.29. The number of fused-ring (bicyclic) bond motifs is 1. The van der Waals surface area contributed by atoms with Crippen LogP contribution in [0.25, 0.3) is 16.7 Å². The first-order chi connectivity index (χ1) is 12.2. The summed E-state index contributed by atoms with van der Waals surface area (Å²) in [5.41, 5.74) is 3.13. The van der Waals surface area contributed by atoms with Crippen LogP contribution in [0.2, 0.25) is 5.02 Å². The second-order valence-electron chi connectivity index (χ2n) is 5.25. The van der Waals surface area contributed by atoms with E-state index in [1.54, 1.807) is 36.4 Å². The van der Waals surface area contributed by atoms with Crippen molar-refractivity contribution >= 4 is 28.6 Å². The Balaban J connectivity index is 1.45. The minimum absolute atomic E-state index is 0.107. The SMILES string of the molecule is O=C(OCc1ccc2n[nH]nc2c1)c1cn(-c2ccc(Cl)cc2)nn1. The lowest BCUT2D eigenvalue weighted by atomic mass is 10.2. The van der Waals surface area contributed by atoms with E-state index in [0.717, 1.165) is 16.8 Å². The van der Waals surface area contributed by atoms with Crippen LogP contribution in [0, 0.1) is 0 Å². The van der Waals surface area contributed by atoms with Crippen molar-refractivity contribution < 1.29 is 9.53 Å². The van der Waals surface area contributed by atoms with Crippen LogP contribution in [-0.4, -0.2) is 36.4 Å². The number of H-pyrrole nitrogens is 1. The van der Waals surface area contributed by atoms with Crippen LogP contribution in [0.3, 0.4) is 0 Å². The summed E-state index contributed by atoms with van der Waals surface area (Å²) in [5.74, 6) is -0.555. The standard InChI is InChI=1S/C16H11ClN6O2/c17-11-2-4-12(5-3-11)23-8-15(20-22-23)16(24)25-9-10-1-6-13-14(7-10)19-21-18-13/h1-8H,9H2,(H,18,19,21). The van der Waals surface area contributed by atoms with Gasteiger partial charge in [0.15, 0.2) is 5.69 Å². The number of rotatable bonds is 4. The number of benzene rings is 2. The average molecular weight is 355 g/mol. The fourth-order valence-electron chi connectivity index (χ4n) is 2.28. The van der Waals surface area contributed by atoms with Gasteiger partial charge >= 0.3 is 5.97 Å². The number of nitrogens with zero attached hydrogens (tertiary/aromatic N) is 5. The predicted octanol–water partition coefficient (Wildman–Crippen LogP) is 2.55. The summed E-state index contributed by atoms with van der Waals surface area (Å²) in [7, 11) is 0. The van der Waals surface area contributed by atoms with E-state index in [0.29, 0.717) is 10.5 Å². The quantitative estimate of drug-likeness (QED) is 0.565. The molecule has 0 aliphatic rings. The van der Waals surface area contributed by atoms with E-state index in [1.165, 1.54) is 10.9 Å². The molecule has 0 saturated carbocycles. The van der Waals surface area contributed by atoms with Crippen molar-refractivity contribution in [2.24, 2.45) is 0 Å². The Morgan fingerprint density at radius 1 is 1.12 bits per heavy atom. The van der Waals surface area contributed by atoms with Gasteiger partial charge in [0.25, 0.3) is 0 Å². The molecule has 2 aromatic heterocycles. The molecule has 0 saturated heterocycles. The Morgan fingerprint density at radius 2 is 1.92 bits per heavy atom. The molecule has 0 spiro atoms.